The first-order chi connectivity index (χ1) is 5.95. The quantitative estimate of drug-likeness (QED) is 0.484. The molecule has 0 aliphatic rings. The molecule has 0 saturated carbocycles. The number of tetrazole rings is 2. The van der Waals surface area contributed by atoms with E-state index in [0.29, 0.717) is 0 Å². The zero-order valence-corrected chi connectivity index (χ0v) is 5.47. The number of rotatable bonds is 2. The molecular weight excluding hydrogens is 164 g/mol. The second-order valence-electron chi connectivity index (χ2n) is 1.56. The summed E-state index contributed by atoms with van der Waals surface area (Å²) in [6.45, 7) is 0. The van der Waals surface area contributed by atoms with Gasteiger partial charge >= 0.3 is 0 Å². The van der Waals surface area contributed by atoms with Crippen LogP contribution in [-0.2, 0) is 0 Å². The molecule has 12 heavy (non-hydrogen) atoms. The fraction of sp³-hybridized carbons (Fsp3) is 0. The van der Waals surface area contributed by atoms with Crippen molar-refractivity contribution in [2.24, 2.45) is 10.2 Å². The highest BCUT2D eigenvalue weighted by Crippen LogP contribution is 2.03. The molecule has 0 N–H and O–H groups in total. The highest BCUT2D eigenvalue weighted by molar-refractivity contribution is 5.10. The van der Waals surface area contributed by atoms with Crippen LogP contribution in [-0.4, -0.2) is 31.1 Å². The summed E-state index contributed by atoms with van der Waals surface area (Å²) in [7, 11) is 0. The summed E-state index contributed by atoms with van der Waals surface area (Å²) in [5, 5.41) is 33.3. The molecule has 0 radical (unpaired) electrons. The first-order valence-electron chi connectivity index (χ1n) is 2.74. The van der Waals surface area contributed by atoms with Gasteiger partial charge in [-0.15, -0.1) is 10.4 Å². The van der Waals surface area contributed by atoms with Crippen molar-refractivity contribution in [1.82, 2.24) is 41.2 Å². The van der Waals surface area contributed by atoms with Crippen molar-refractivity contribution >= 4 is 11.9 Å². The van der Waals surface area contributed by atoms with E-state index in [2.05, 4.69) is 51.5 Å². The summed E-state index contributed by atoms with van der Waals surface area (Å²) in [4.78, 5) is 0. The minimum absolute atomic E-state index is 0.0415. The maximum atomic E-state index is 3.48. The fourth-order valence-electron chi connectivity index (χ4n) is 0.449. The molecule has 0 spiro atoms. The van der Waals surface area contributed by atoms with Gasteiger partial charge in [-0.05, 0) is 0 Å². The Morgan fingerprint density at radius 3 is 1.67 bits per heavy atom. The summed E-state index contributed by atoms with van der Waals surface area (Å²) in [5.41, 5.74) is 0. The molecule has 2 aromatic heterocycles. The lowest BCUT2D eigenvalue weighted by atomic mass is 11.1. The van der Waals surface area contributed by atoms with Crippen LogP contribution in [0.2, 0.25) is 0 Å². The molecule has 0 atom stereocenters. The lowest BCUT2D eigenvalue weighted by Crippen LogP contribution is -1.72. The molecule has 60 valence electrons. The lowest BCUT2D eigenvalue weighted by Gasteiger charge is -1.91. The van der Waals surface area contributed by atoms with E-state index < -0.39 is 0 Å². The average molecular weight is 164 g/mol. The molecule has 10 nitrogen and oxygen atoms in total. The molecule has 0 bridgehead atoms. The number of nitrogens with zero attached hydrogens (tertiary/aromatic N) is 10. The average Bonchev–Trinajstić information content (AvgIpc) is 2.74. The van der Waals surface area contributed by atoms with E-state index in [1.54, 1.807) is 0 Å². The van der Waals surface area contributed by atoms with Crippen molar-refractivity contribution < 1.29 is 0 Å². The number of hydrogen-bond donors (Lipinski definition) is 0. The van der Waals surface area contributed by atoms with Crippen molar-refractivity contribution in [1.29, 1.82) is 0 Å². The summed E-state index contributed by atoms with van der Waals surface area (Å²) >= 11 is 0. The Hall–Kier alpha value is -2.26. The second-order valence-corrected chi connectivity index (χ2v) is 1.56. The van der Waals surface area contributed by atoms with Crippen LogP contribution in [0.4, 0.5) is 11.9 Å². The van der Waals surface area contributed by atoms with Crippen molar-refractivity contribution in [3.05, 3.63) is 0 Å². The van der Waals surface area contributed by atoms with Gasteiger partial charge < -0.3 is 0 Å². The molecule has 0 aliphatic carbocycles. The first-order valence-corrected chi connectivity index (χ1v) is 2.74. The van der Waals surface area contributed by atoms with Gasteiger partial charge in [0.05, 0.1) is 0 Å². The van der Waals surface area contributed by atoms with Crippen LogP contribution in [0, 0.1) is 0 Å². The third-order valence-corrected chi connectivity index (χ3v) is 0.846. The Bertz CT molecular complexity index is 305. The molecule has 0 saturated heterocycles. The topological polar surface area (TPSA) is 130 Å². The van der Waals surface area contributed by atoms with E-state index in [1.165, 1.54) is 0 Å². The van der Waals surface area contributed by atoms with Crippen molar-refractivity contribution in [2.75, 3.05) is 0 Å². The van der Waals surface area contributed by atoms with Gasteiger partial charge in [0.25, 0.3) is 0 Å². The molecule has 0 aliphatic heterocycles. The van der Waals surface area contributed by atoms with E-state index in [1.807, 2.05) is 0 Å². The van der Waals surface area contributed by atoms with Crippen molar-refractivity contribution in [3.8, 4) is 0 Å². The van der Waals surface area contributed by atoms with Crippen LogP contribution in [0.15, 0.2) is 10.2 Å². The van der Waals surface area contributed by atoms with Crippen molar-refractivity contribution in [2.45, 2.75) is 0 Å². The predicted octanol–water partition coefficient (Wildman–Crippen LogP) is -1.61. The van der Waals surface area contributed by atoms with Crippen molar-refractivity contribution in [3.63, 3.8) is 0 Å². The summed E-state index contributed by atoms with van der Waals surface area (Å²) in [5.74, 6) is 0.0830. The van der Waals surface area contributed by atoms with Gasteiger partial charge in [-0.25, -0.2) is 10.2 Å². The minimum Gasteiger partial charge on any atom is -0.283 e. The number of aromatic nitrogens is 8. The lowest BCUT2D eigenvalue weighted by molar-refractivity contribution is 0.871. The molecule has 0 unspecified atom stereocenters. The Morgan fingerprint density at radius 1 is 0.833 bits per heavy atom. The van der Waals surface area contributed by atoms with Gasteiger partial charge in [0.1, 0.15) is 11.9 Å². The summed E-state index contributed by atoms with van der Waals surface area (Å²) < 4.78 is 0. The maximum Gasteiger partial charge on any atom is 0.117 e. The smallest absolute Gasteiger partial charge is 0.117 e. The predicted molar refractivity (Wildman–Crippen MR) is 30.5 cm³/mol. The van der Waals surface area contributed by atoms with Crippen LogP contribution in [0.1, 0.15) is 0 Å². The zero-order valence-electron chi connectivity index (χ0n) is 5.47. The minimum atomic E-state index is 0.0415. The van der Waals surface area contributed by atoms with Crippen LogP contribution >= 0.6 is 0 Å². The highest BCUT2D eigenvalue weighted by Gasteiger charge is 1.79. The van der Waals surface area contributed by atoms with Gasteiger partial charge in [0.15, 0.2) is 0 Å². The van der Waals surface area contributed by atoms with Gasteiger partial charge in [-0.1, -0.05) is 0 Å². The zero-order chi connectivity index (χ0) is 8.23. The van der Waals surface area contributed by atoms with Gasteiger partial charge in [0.2, 0.25) is 0 Å². The highest BCUT2D eigenvalue weighted by atomic mass is 15.5. The molecule has 2 aromatic rings. The Morgan fingerprint density at radius 2 is 1.33 bits per heavy atom. The van der Waals surface area contributed by atoms with Crippen LogP contribution < -0.4 is 10.2 Å². The van der Waals surface area contributed by atoms with Crippen LogP contribution in [0.5, 0.6) is 0 Å². The molecule has 10 heteroatoms. The maximum absolute atomic E-state index is 3.48. The third-order valence-electron chi connectivity index (χ3n) is 0.846. The standard InChI is InChI=1S/C2N10/c3(1-5-9-10-6-1)4-2-7-11-12-8-2/q-2/b4-3+. The molecule has 2 heterocycles. The van der Waals surface area contributed by atoms with Crippen LogP contribution in [0.3, 0.4) is 0 Å². The molecule has 0 amide bonds. The van der Waals surface area contributed by atoms with E-state index in [4.69, 9.17) is 0 Å². The fourth-order valence-corrected chi connectivity index (χ4v) is 0.449. The Balaban J connectivity index is 2.14. The van der Waals surface area contributed by atoms with Crippen LogP contribution in [0.25, 0.3) is 0 Å². The summed E-state index contributed by atoms with van der Waals surface area (Å²) in [6, 6.07) is 0. The van der Waals surface area contributed by atoms with Gasteiger partial charge in [-0.3, -0.25) is 20.4 Å². The normalized spacial score (nSPS) is 11.0. The Labute approximate surface area is 64.5 Å². The largest absolute Gasteiger partial charge is 0.283 e. The summed E-state index contributed by atoms with van der Waals surface area (Å²) in [6.07, 6.45) is 0. The van der Waals surface area contributed by atoms with E-state index in [-0.39, 0.29) is 11.9 Å². The second kappa shape index (κ2) is 2.77. The van der Waals surface area contributed by atoms with E-state index >= 15 is 0 Å². The molecule has 2 rings (SSSR count). The molecule has 0 fully saturated rings. The monoisotopic (exact) mass is 164 g/mol. The molecule has 0 aromatic carbocycles. The van der Waals surface area contributed by atoms with E-state index in [9.17, 15) is 0 Å². The number of hydrogen-bond acceptors (Lipinski definition) is 8. The number of azo groups is 1. The first kappa shape index (κ1) is 6.45. The van der Waals surface area contributed by atoms with Gasteiger partial charge in [-0.2, -0.15) is 10.4 Å². The SMILES string of the molecule is N(=N\c1nnn[n-]1)/c1nnn[n-]1. The van der Waals surface area contributed by atoms with E-state index in [0.717, 1.165) is 0 Å². The third kappa shape index (κ3) is 1.25. The van der Waals surface area contributed by atoms with Gasteiger partial charge in [0, 0.05) is 0 Å². The Kier molecular flexibility index (Phi) is 1.49. The molecular formula is C2N10-2.